The summed E-state index contributed by atoms with van der Waals surface area (Å²) < 4.78 is 42.3. The molecule has 3 rings (SSSR count). The number of carbonyl (C=O) groups excluding carboxylic acids is 1. The third-order valence-electron chi connectivity index (χ3n) is 5.28. The maximum atomic E-state index is 12.3. The molecule has 1 aliphatic rings. The number of carboxylic acids is 1. The zero-order valence-corrected chi connectivity index (χ0v) is 16.4. The fourth-order valence-electron chi connectivity index (χ4n) is 3.72. The van der Waals surface area contributed by atoms with Crippen LogP contribution in [-0.4, -0.2) is 47.2 Å². The molecule has 166 valence electrons. The second-order valence-electron chi connectivity index (χ2n) is 7.35. The van der Waals surface area contributed by atoms with Gasteiger partial charge in [0, 0.05) is 5.92 Å². The van der Waals surface area contributed by atoms with Crippen LogP contribution in [0.25, 0.3) is 11.1 Å². The first-order valence-corrected chi connectivity index (χ1v) is 9.77. The summed E-state index contributed by atoms with van der Waals surface area (Å²) in [4.78, 5) is 23.5. The largest absolute Gasteiger partial charge is 0.480 e. The smallest absolute Gasteiger partial charge is 0.414 e. The number of aliphatic hydroxyl groups excluding tert-OH is 1. The minimum Gasteiger partial charge on any atom is -0.480 e. The Morgan fingerprint density at radius 1 is 1.00 bits per heavy atom. The van der Waals surface area contributed by atoms with Crippen LogP contribution in [0.3, 0.4) is 0 Å². The molecule has 2 atom stereocenters. The normalized spacial score (nSPS) is 15.0. The van der Waals surface area contributed by atoms with Gasteiger partial charge in [-0.05, 0) is 41.5 Å². The van der Waals surface area contributed by atoms with Crippen molar-refractivity contribution in [1.82, 2.24) is 5.32 Å². The molecule has 0 heterocycles. The summed E-state index contributed by atoms with van der Waals surface area (Å²) in [6.07, 6.45) is -9.42. The van der Waals surface area contributed by atoms with Crippen LogP contribution >= 0.6 is 0 Å². The van der Waals surface area contributed by atoms with Gasteiger partial charge in [-0.15, -0.1) is 0 Å². The Hall–Kier alpha value is -3.07. The molecule has 0 aromatic heterocycles. The van der Waals surface area contributed by atoms with Crippen molar-refractivity contribution in [3.05, 3.63) is 59.7 Å². The number of nitrogens with one attached hydrogen (secondary N) is 1. The van der Waals surface area contributed by atoms with E-state index in [0.29, 0.717) is 0 Å². The lowest BCUT2D eigenvalue weighted by atomic mass is 9.98. The maximum Gasteiger partial charge on any atom is 0.414 e. The molecule has 1 unspecified atom stereocenters. The van der Waals surface area contributed by atoms with Crippen molar-refractivity contribution in [2.24, 2.45) is 0 Å². The van der Waals surface area contributed by atoms with Gasteiger partial charge in [0.05, 0.1) is 0 Å². The summed E-state index contributed by atoms with van der Waals surface area (Å²) in [5.74, 6) is -1.60. The van der Waals surface area contributed by atoms with Crippen LogP contribution in [0.5, 0.6) is 0 Å². The zero-order chi connectivity index (χ0) is 22.6. The van der Waals surface area contributed by atoms with Gasteiger partial charge in [0.2, 0.25) is 0 Å². The predicted molar refractivity (Wildman–Crippen MR) is 106 cm³/mol. The predicted octanol–water partition coefficient (Wildman–Crippen LogP) is 4.07. The molecular formula is C22H22F3NO5. The highest BCUT2D eigenvalue weighted by atomic mass is 19.4. The second kappa shape index (κ2) is 9.38. The van der Waals surface area contributed by atoms with E-state index in [0.717, 1.165) is 22.3 Å². The fourth-order valence-corrected chi connectivity index (χ4v) is 3.72. The highest BCUT2D eigenvalue weighted by molar-refractivity contribution is 5.81. The first-order chi connectivity index (χ1) is 14.7. The Bertz CT molecular complexity index is 901. The lowest BCUT2D eigenvalue weighted by Crippen LogP contribution is -2.41. The van der Waals surface area contributed by atoms with Gasteiger partial charge in [-0.25, -0.2) is 9.59 Å². The monoisotopic (exact) mass is 437 g/mol. The molecule has 0 bridgehead atoms. The summed E-state index contributed by atoms with van der Waals surface area (Å²) in [5, 5.41) is 20.4. The molecule has 6 nitrogen and oxygen atoms in total. The first kappa shape index (κ1) is 22.6. The summed E-state index contributed by atoms with van der Waals surface area (Å²) in [7, 11) is 0. The van der Waals surface area contributed by atoms with E-state index in [1.807, 2.05) is 48.5 Å². The van der Waals surface area contributed by atoms with Crippen molar-refractivity contribution in [2.45, 2.75) is 43.5 Å². The Labute approximate surface area is 176 Å². The van der Waals surface area contributed by atoms with Gasteiger partial charge in [-0.2, -0.15) is 13.2 Å². The van der Waals surface area contributed by atoms with Crippen molar-refractivity contribution in [3.63, 3.8) is 0 Å². The van der Waals surface area contributed by atoms with Gasteiger partial charge >= 0.3 is 18.2 Å². The van der Waals surface area contributed by atoms with Crippen LogP contribution in [0.2, 0.25) is 0 Å². The van der Waals surface area contributed by atoms with Crippen molar-refractivity contribution >= 4 is 12.1 Å². The van der Waals surface area contributed by atoms with Crippen LogP contribution < -0.4 is 5.32 Å². The number of hydrogen-bond donors (Lipinski definition) is 3. The highest BCUT2D eigenvalue weighted by Crippen LogP contribution is 2.44. The average molecular weight is 437 g/mol. The van der Waals surface area contributed by atoms with Gasteiger partial charge in [-0.1, -0.05) is 48.5 Å². The van der Waals surface area contributed by atoms with E-state index in [2.05, 4.69) is 5.32 Å². The second-order valence-corrected chi connectivity index (χ2v) is 7.35. The summed E-state index contributed by atoms with van der Waals surface area (Å²) in [6, 6.07) is 14.0. The van der Waals surface area contributed by atoms with Gasteiger partial charge < -0.3 is 20.3 Å². The van der Waals surface area contributed by atoms with Gasteiger partial charge in [0.25, 0.3) is 0 Å². The highest BCUT2D eigenvalue weighted by Gasteiger charge is 2.37. The molecule has 0 spiro atoms. The Morgan fingerprint density at radius 3 is 2.06 bits per heavy atom. The molecule has 0 aliphatic heterocycles. The third-order valence-corrected chi connectivity index (χ3v) is 5.28. The maximum absolute atomic E-state index is 12.3. The van der Waals surface area contributed by atoms with Gasteiger partial charge in [-0.3, -0.25) is 0 Å². The molecule has 3 N–H and O–H groups in total. The molecule has 31 heavy (non-hydrogen) atoms. The standard InChI is InChI=1S/C22H22F3NO5/c23-22(24,25)19(27)11-5-10-18(20(28)29)26-21(30)31-12-17-15-8-3-1-6-13(15)14-7-2-4-9-16(14)17/h1-4,6-9,17-19,27H,5,10-12H2,(H,26,30)(H,28,29)/t18-,19?/m0/s1. The topological polar surface area (TPSA) is 95.9 Å². The molecule has 0 radical (unpaired) electrons. The number of benzene rings is 2. The molecule has 2 aromatic carbocycles. The minimum atomic E-state index is -4.76. The molecule has 1 aliphatic carbocycles. The number of ether oxygens (including phenoxy) is 1. The number of fused-ring (bicyclic) bond motifs is 3. The van der Waals surface area contributed by atoms with Crippen LogP contribution in [0.15, 0.2) is 48.5 Å². The van der Waals surface area contributed by atoms with E-state index < -0.39 is 36.8 Å². The van der Waals surface area contributed by atoms with E-state index in [1.165, 1.54) is 0 Å². The number of aliphatic hydroxyl groups is 1. The summed E-state index contributed by atoms with van der Waals surface area (Å²) in [6.45, 7) is -0.0149. The Morgan fingerprint density at radius 2 is 1.55 bits per heavy atom. The van der Waals surface area contributed by atoms with E-state index in [-0.39, 0.29) is 25.4 Å². The van der Waals surface area contributed by atoms with Crippen molar-refractivity contribution in [2.75, 3.05) is 6.61 Å². The fraction of sp³-hybridized carbons (Fsp3) is 0.364. The number of hydrogen-bond acceptors (Lipinski definition) is 4. The van der Waals surface area contributed by atoms with Crippen molar-refractivity contribution < 1.29 is 37.7 Å². The minimum absolute atomic E-state index is 0.0149. The number of alkyl halides is 3. The third kappa shape index (κ3) is 5.35. The molecule has 0 saturated carbocycles. The SMILES string of the molecule is O=C(N[C@@H](CCCC(O)C(F)(F)F)C(=O)O)OCC1c2ccccc2-c2ccccc21. The molecular weight excluding hydrogens is 415 g/mol. The van der Waals surface area contributed by atoms with E-state index in [9.17, 15) is 27.9 Å². The van der Waals surface area contributed by atoms with E-state index >= 15 is 0 Å². The quantitative estimate of drug-likeness (QED) is 0.579. The lowest BCUT2D eigenvalue weighted by Gasteiger charge is -2.18. The summed E-state index contributed by atoms with van der Waals surface area (Å²) in [5.41, 5.74) is 4.07. The van der Waals surface area contributed by atoms with Crippen LogP contribution in [0.1, 0.15) is 36.3 Å². The molecule has 0 saturated heterocycles. The first-order valence-electron chi connectivity index (χ1n) is 9.77. The van der Waals surface area contributed by atoms with Crippen molar-refractivity contribution in [3.8, 4) is 11.1 Å². The Balaban J connectivity index is 1.57. The van der Waals surface area contributed by atoms with Crippen LogP contribution in [-0.2, 0) is 9.53 Å². The van der Waals surface area contributed by atoms with Gasteiger partial charge in [0.15, 0.2) is 0 Å². The van der Waals surface area contributed by atoms with Crippen molar-refractivity contribution in [1.29, 1.82) is 0 Å². The molecule has 0 fully saturated rings. The molecule has 2 aromatic rings. The number of halogens is 3. The number of alkyl carbamates (subject to hydrolysis) is 1. The van der Waals surface area contributed by atoms with E-state index in [1.54, 1.807) is 0 Å². The molecule has 9 heteroatoms. The number of carbonyl (C=O) groups is 2. The zero-order valence-electron chi connectivity index (χ0n) is 16.4. The van der Waals surface area contributed by atoms with Crippen LogP contribution in [0.4, 0.5) is 18.0 Å². The summed E-state index contributed by atoms with van der Waals surface area (Å²) >= 11 is 0. The van der Waals surface area contributed by atoms with Gasteiger partial charge in [0.1, 0.15) is 18.8 Å². The van der Waals surface area contributed by atoms with E-state index in [4.69, 9.17) is 9.84 Å². The number of rotatable bonds is 8. The number of amides is 1. The number of aliphatic carboxylic acids is 1. The average Bonchev–Trinajstić information content (AvgIpc) is 3.04. The number of carboxylic acid groups (broad SMARTS) is 1. The molecule has 1 amide bonds. The Kier molecular flexibility index (Phi) is 6.84. The lowest BCUT2D eigenvalue weighted by molar-refractivity contribution is -0.205. The van der Waals surface area contributed by atoms with Crippen LogP contribution in [0, 0.1) is 0 Å².